The minimum atomic E-state index is -3.12. The number of nitrogens with zero attached hydrogens (tertiary/aromatic N) is 1. The van der Waals surface area contributed by atoms with Gasteiger partial charge in [-0.15, -0.1) is 0 Å². The quantitative estimate of drug-likeness (QED) is 0.768. The van der Waals surface area contributed by atoms with Gasteiger partial charge in [0.1, 0.15) is 0 Å². The maximum atomic E-state index is 12.0. The minimum absolute atomic E-state index is 0.00786. The van der Waals surface area contributed by atoms with Crippen LogP contribution in [0, 0.1) is 5.41 Å². The van der Waals surface area contributed by atoms with Gasteiger partial charge in [0.25, 0.3) is 0 Å². The highest BCUT2D eigenvalue weighted by molar-refractivity contribution is 7.89. The summed E-state index contributed by atoms with van der Waals surface area (Å²) in [5.41, 5.74) is 5.59. The Morgan fingerprint density at radius 2 is 2.00 bits per heavy atom. The predicted octanol–water partition coefficient (Wildman–Crippen LogP) is 0.785. The number of hydrogen-bond acceptors (Lipinski definition) is 3. The first-order valence-electron chi connectivity index (χ1n) is 5.44. The summed E-state index contributed by atoms with van der Waals surface area (Å²) in [6.07, 6.45) is 1.81. The van der Waals surface area contributed by atoms with Crippen molar-refractivity contribution < 1.29 is 8.42 Å². The van der Waals surface area contributed by atoms with Crippen molar-refractivity contribution in [2.24, 2.45) is 11.1 Å². The van der Waals surface area contributed by atoms with Crippen LogP contribution >= 0.6 is 0 Å². The molecule has 2 N–H and O–H groups in total. The van der Waals surface area contributed by atoms with Gasteiger partial charge in [-0.25, -0.2) is 12.7 Å². The van der Waals surface area contributed by atoms with Gasteiger partial charge in [-0.3, -0.25) is 0 Å². The van der Waals surface area contributed by atoms with Gasteiger partial charge >= 0.3 is 0 Å². The summed E-state index contributed by atoms with van der Waals surface area (Å²) < 4.78 is 25.6. The van der Waals surface area contributed by atoms with Crippen LogP contribution in [0.2, 0.25) is 0 Å². The Morgan fingerprint density at radius 3 is 2.47 bits per heavy atom. The number of hydrogen-bond donors (Lipinski definition) is 1. The van der Waals surface area contributed by atoms with E-state index in [2.05, 4.69) is 0 Å². The van der Waals surface area contributed by atoms with Crippen molar-refractivity contribution in [3.05, 3.63) is 0 Å². The van der Waals surface area contributed by atoms with Crippen molar-refractivity contribution in [3.63, 3.8) is 0 Å². The van der Waals surface area contributed by atoms with Crippen molar-refractivity contribution in [2.45, 2.75) is 39.7 Å². The number of nitrogens with two attached hydrogens (primary N) is 1. The normalized spacial score (nSPS) is 25.5. The van der Waals surface area contributed by atoms with Crippen molar-refractivity contribution in [2.75, 3.05) is 18.8 Å². The second kappa shape index (κ2) is 4.39. The Balaban J connectivity index is 2.69. The van der Waals surface area contributed by atoms with Crippen molar-refractivity contribution >= 4 is 10.0 Å². The molecule has 15 heavy (non-hydrogen) atoms. The first kappa shape index (κ1) is 12.9. The number of piperidine rings is 1. The lowest BCUT2D eigenvalue weighted by atomic mass is 10.0. The fourth-order valence-electron chi connectivity index (χ4n) is 1.87. The zero-order valence-corrected chi connectivity index (χ0v) is 10.7. The van der Waals surface area contributed by atoms with Gasteiger partial charge in [0, 0.05) is 19.1 Å². The molecule has 0 amide bonds. The summed E-state index contributed by atoms with van der Waals surface area (Å²) in [5.74, 6) is 0.201. The van der Waals surface area contributed by atoms with Crippen LogP contribution in [-0.4, -0.2) is 37.6 Å². The molecule has 0 spiro atoms. The molecule has 0 aromatic heterocycles. The first-order chi connectivity index (χ1) is 6.71. The lowest BCUT2D eigenvalue weighted by Gasteiger charge is -2.32. The molecule has 1 rings (SSSR count). The SMILES string of the molecule is CC(C)(C)CS(=O)(=O)N1CCCC(N)C1. The second-order valence-electron chi connectivity index (χ2n) is 5.58. The fraction of sp³-hybridized carbons (Fsp3) is 1.00. The molecule has 90 valence electrons. The van der Waals surface area contributed by atoms with Crippen LogP contribution in [0.25, 0.3) is 0 Å². The highest BCUT2D eigenvalue weighted by Gasteiger charge is 2.30. The zero-order valence-electron chi connectivity index (χ0n) is 9.86. The van der Waals surface area contributed by atoms with Gasteiger partial charge in [-0.2, -0.15) is 0 Å². The van der Waals surface area contributed by atoms with Gasteiger partial charge in [0.15, 0.2) is 0 Å². The number of rotatable bonds is 2. The summed E-state index contributed by atoms with van der Waals surface area (Å²) in [5, 5.41) is 0. The smallest absolute Gasteiger partial charge is 0.214 e. The first-order valence-corrected chi connectivity index (χ1v) is 7.05. The van der Waals surface area contributed by atoms with Crippen molar-refractivity contribution in [3.8, 4) is 0 Å². The van der Waals surface area contributed by atoms with E-state index in [1.165, 1.54) is 0 Å². The predicted molar refractivity (Wildman–Crippen MR) is 62.0 cm³/mol. The van der Waals surface area contributed by atoms with Crippen molar-refractivity contribution in [1.29, 1.82) is 0 Å². The highest BCUT2D eigenvalue weighted by atomic mass is 32.2. The Bertz CT molecular complexity index is 306. The molecule has 1 saturated heterocycles. The molecule has 0 saturated carbocycles. The van der Waals surface area contributed by atoms with Crippen LogP contribution in [0.1, 0.15) is 33.6 Å². The molecule has 1 fully saturated rings. The third-order valence-corrected chi connectivity index (χ3v) is 4.78. The van der Waals surface area contributed by atoms with Crippen LogP contribution in [-0.2, 0) is 10.0 Å². The fourth-order valence-corrected chi connectivity index (χ4v) is 3.97. The van der Waals surface area contributed by atoms with Gasteiger partial charge in [-0.1, -0.05) is 20.8 Å². The summed E-state index contributed by atoms with van der Waals surface area (Å²) in [4.78, 5) is 0. The lowest BCUT2D eigenvalue weighted by molar-refractivity contribution is 0.310. The molecule has 1 heterocycles. The third-order valence-electron chi connectivity index (χ3n) is 2.43. The lowest BCUT2D eigenvalue weighted by Crippen LogP contribution is -2.47. The van der Waals surface area contributed by atoms with E-state index in [9.17, 15) is 8.42 Å². The van der Waals surface area contributed by atoms with Gasteiger partial charge in [0.2, 0.25) is 10.0 Å². The molecular formula is C10H22N2O2S. The van der Waals surface area contributed by atoms with Crippen LogP contribution in [0.5, 0.6) is 0 Å². The molecule has 5 heteroatoms. The summed E-state index contributed by atoms with van der Waals surface area (Å²) in [6.45, 7) is 6.93. The van der Waals surface area contributed by atoms with E-state index >= 15 is 0 Å². The average molecular weight is 234 g/mol. The zero-order chi connectivity index (χ0) is 11.7. The maximum absolute atomic E-state index is 12.0. The Kier molecular flexibility index (Phi) is 3.79. The standard InChI is InChI=1S/C10H22N2O2S/c1-10(2,3)8-15(13,14)12-6-4-5-9(11)7-12/h9H,4-8,11H2,1-3H3. The second-order valence-corrected chi connectivity index (χ2v) is 7.55. The summed E-state index contributed by atoms with van der Waals surface area (Å²) in [6, 6.07) is 0.00786. The molecule has 0 bridgehead atoms. The van der Waals surface area contributed by atoms with E-state index in [0.29, 0.717) is 13.1 Å². The van der Waals surface area contributed by atoms with E-state index in [4.69, 9.17) is 5.73 Å². The Morgan fingerprint density at radius 1 is 1.40 bits per heavy atom. The molecule has 1 unspecified atom stereocenters. The molecule has 0 radical (unpaired) electrons. The van der Waals surface area contributed by atoms with Gasteiger partial charge in [-0.05, 0) is 18.3 Å². The number of sulfonamides is 1. The highest BCUT2D eigenvalue weighted by Crippen LogP contribution is 2.21. The van der Waals surface area contributed by atoms with E-state index in [-0.39, 0.29) is 17.2 Å². The van der Waals surface area contributed by atoms with Crippen LogP contribution in [0.4, 0.5) is 0 Å². The Hall–Kier alpha value is -0.130. The van der Waals surface area contributed by atoms with Crippen LogP contribution in [0.3, 0.4) is 0 Å². The molecule has 1 aliphatic rings. The van der Waals surface area contributed by atoms with Crippen LogP contribution in [0.15, 0.2) is 0 Å². The van der Waals surface area contributed by atoms with Gasteiger partial charge < -0.3 is 5.73 Å². The molecule has 1 atom stereocenters. The van der Waals surface area contributed by atoms with E-state index < -0.39 is 10.0 Å². The maximum Gasteiger partial charge on any atom is 0.214 e. The average Bonchev–Trinajstić information content (AvgIpc) is 1.99. The van der Waals surface area contributed by atoms with E-state index in [1.54, 1.807) is 4.31 Å². The molecule has 4 nitrogen and oxygen atoms in total. The molecular weight excluding hydrogens is 212 g/mol. The van der Waals surface area contributed by atoms with Crippen LogP contribution < -0.4 is 5.73 Å². The summed E-state index contributed by atoms with van der Waals surface area (Å²) >= 11 is 0. The topological polar surface area (TPSA) is 63.4 Å². The third kappa shape index (κ3) is 4.09. The molecule has 0 aromatic carbocycles. The summed E-state index contributed by atoms with van der Waals surface area (Å²) in [7, 11) is -3.12. The van der Waals surface area contributed by atoms with E-state index in [0.717, 1.165) is 12.8 Å². The van der Waals surface area contributed by atoms with Gasteiger partial charge in [0.05, 0.1) is 5.75 Å². The molecule has 1 aliphatic heterocycles. The van der Waals surface area contributed by atoms with Crippen molar-refractivity contribution in [1.82, 2.24) is 4.31 Å². The monoisotopic (exact) mass is 234 g/mol. The largest absolute Gasteiger partial charge is 0.327 e. The molecule has 0 aromatic rings. The van der Waals surface area contributed by atoms with E-state index in [1.807, 2.05) is 20.8 Å². The minimum Gasteiger partial charge on any atom is -0.327 e. The molecule has 0 aliphatic carbocycles. The Labute approximate surface area is 92.9 Å².